The molecule has 18 heavy (non-hydrogen) atoms. The molecule has 0 fully saturated rings. The minimum atomic E-state index is -0.686. The molecule has 0 radical (unpaired) electrons. The van der Waals surface area contributed by atoms with Crippen LogP contribution in [0, 0.1) is 5.41 Å². The summed E-state index contributed by atoms with van der Waals surface area (Å²) in [6, 6.07) is 8.30. The molecule has 1 N–H and O–H groups in total. The predicted octanol–water partition coefficient (Wildman–Crippen LogP) is 2.94. The van der Waals surface area contributed by atoms with Crippen molar-refractivity contribution in [3.05, 3.63) is 29.8 Å². The van der Waals surface area contributed by atoms with E-state index < -0.39 is 11.4 Å². The Balaban J connectivity index is 2.17. The molecule has 1 atom stereocenters. The summed E-state index contributed by atoms with van der Waals surface area (Å²) < 4.78 is 0. The van der Waals surface area contributed by atoms with Gasteiger partial charge in [-0.25, -0.2) is 0 Å². The highest BCUT2D eigenvalue weighted by molar-refractivity contribution is 5.75. The summed E-state index contributed by atoms with van der Waals surface area (Å²) in [6.45, 7) is 5.44. The number of fused-ring (bicyclic) bond motifs is 1. The van der Waals surface area contributed by atoms with Gasteiger partial charge in [0.05, 0.1) is 5.41 Å². The topological polar surface area (TPSA) is 40.5 Å². The smallest absolute Gasteiger partial charge is 0.311 e. The Kier molecular flexibility index (Phi) is 3.60. The lowest BCUT2D eigenvalue weighted by molar-refractivity contribution is -0.147. The van der Waals surface area contributed by atoms with E-state index in [4.69, 9.17) is 0 Å². The number of hydrogen-bond acceptors (Lipinski definition) is 2. The van der Waals surface area contributed by atoms with Crippen molar-refractivity contribution in [1.29, 1.82) is 0 Å². The monoisotopic (exact) mass is 247 g/mol. The molecule has 1 aliphatic heterocycles. The molecule has 0 aliphatic carbocycles. The van der Waals surface area contributed by atoms with Crippen LogP contribution in [-0.2, 0) is 11.2 Å². The van der Waals surface area contributed by atoms with Gasteiger partial charge >= 0.3 is 5.97 Å². The average molecular weight is 247 g/mol. The third-order valence-corrected chi connectivity index (χ3v) is 3.84. The number of benzene rings is 1. The van der Waals surface area contributed by atoms with Crippen LogP contribution in [0.25, 0.3) is 0 Å². The predicted molar refractivity (Wildman–Crippen MR) is 73.0 cm³/mol. The van der Waals surface area contributed by atoms with Crippen molar-refractivity contribution in [2.24, 2.45) is 5.41 Å². The fourth-order valence-electron chi connectivity index (χ4n) is 2.80. The van der Waals surface area contributed by atoms with E-state index in [0.717, 1.165) is 25.8 Å². The molecule has 0 spiro atoms. The molecule has 0 aromatic heterocycles. The molecule has 1 aliphatic rings. The van der Waals surface area contributed by atoms with Crippen LogP contribution >= 0.6 is 0 Å². The van der Waals surface area contributed by atoms with Crippen molar-refractivity contribution >= 4 is 11.7 Å². The number of rotatable bonds is 5. The van der Waals surface area contributed by atoms with Gasteiger partial charge in [0.2, 0.25) is 0 Å². The Morgan fingerprint density at radius 3 is 2.83 bits per heavy atom. The molecular formula is C15H21NO2. The highest BCUT2D eigenvalue weighted by atomic mass is 16.4. The molecule has 1 unspecified atom stereocenters. The molecule has 1 heterocycles. The van der Waals surface area contributed by atoms with Crippen LogP contribution in [0.5, 0.6) is 0 Å². The lowest BCUT2D eigenvalue weighted by atomic mass is 9.85. The molecule has 2 rings (SSSR count). The Morgan fingerprint density at radius 1 is 1.44 bits per heavy atom. The van der Waals surface area contributed by atoms with Crippen LogP contribution in [0.3, 0.4) is 0 Å². The Bertz CT molecular complexity index is 444. The van der Waals surface area contributed by atoms with Gasteiger partial charge in [-0.05, 0) is 31.4 Å². The van der Waals surface area contributed by atoms with Gasteiger partial charge < -0.3 is 10.0 Å². The van der Waals surface area contributed by atoms with Crippen LogP contribution in [0.1, 0.15) is 32.3 Å². The van der Waals surface area contributed by atoms with Crippen molar-refractivity contribution in [2.45, 2.75) is 33.1 Å². The second-order valence-electron chi connectivity index (χ2n) is 5.42. The molecule has 1 aromatic rings. The van der Waals surface area contributed by atoms with Gasteiger partial charge in [-0.15, -0.1) is 0 Å². The van der Waals surface area contributed by atoms with Crippen molar-refractivity contribution in [3.8, 4) is 0 Å². The number of carboxylic acids is 1. The van der Waals surface area contributed by atoms with Crippen molar-refractivity contribution in [2.75, 3.05) is 18.0 Å². The summed E-state index contributed by atoms with van der Waals surface area (Å²) in [6.07, 6.45) is 2.65. The van der Waals surface area contributed by atoms with Gasteiger partial charge in [0.1, 0.15) is 0 Å². The fraction of sp³-hybridized carbons (Fsp3) is 0.533. The third-order valence-electron chi connectivity index (χ3n) is 3.84. The highest BCUT2D eigenvalue weighted by Gasteiger charge is 2.35. The van der Waals surface area contributed by atoms with Crippen molar-refractivity contribution < 1.29 is 9.90 Å². The van der Waals surface area contributed by atoms with E-state index in [2.05, 4.69) is 17.0 Å². The SMILES string of the molecule is CCCC(C)(CN1CCc2ccccc21)C(=O)O. The maximum absolute atomic E-state index is 11.5. The van der Waals surface area contributed by atoms with Crippen molar-refractivity contribution in [1.82, 2.24) is 0 Å². The minimum absolute atomic E-state index is 0.604. The summed E-state index contributed by atoms with van der Waals surface area (Å²) in [4.78, 5) is 13.7. The lowest BCUT2D eigenvalue weighted by Gasteiger charge is -2.31. The zero-order valence-electron chi connectivity index (χ0n) is 11.1. The standard InChI is InChI=1S/C15H21NO2/c1-3-9-15(2,14(17)18)11-16-10-8-12-6-4-5-7-13(12)16/h4-7H,3,8-11H2,1-2H3,(H,17,18). The van der Waals surface area contributed by atoms with Gasteiger partial charge in [0.25, 0.3) is 0 Å². The van der Waals surface area contributed by atoms with Crippen LogP contribution in [0.2, 0.25) is 0 Å². The summed E-state index contributed by atoms with van der Waals surface area (Å²) >= 11 is 0. The van der Waals surface area contributed by atoms with E-state index in [0.29, 0.717) is 6.54 Å². The van der Waals surface area contributed by atoms with E-state index in [-0.39, 0.29) is 0 Å². The first-order valence-electron chi connectivity index (χ1n) is 6.63. The van der Waals surface area contributed by atoms with Crippen LogP contribution in [0.4, 0.5) is 5.69 Å². The van der Waals surface area contributed by atoms with Crippen LogP contribution < -0.4 is 4.90 Å². The second-order valence-corrected chi connectivity index (χ2v) is 5.42. The van der Waals surface area contributed by atoms with E-state index >= 15 is 0 Å². The first-order chi connectivity index (χ1) is 8.57. The first kappa shape index (κ1) is 12.9. The van der Waals surface area contributed by atoms with Gasteiger partial charge in [0.15, 0.2) is 0 Å². The molecular weight excluding hydrogens is 226 g/mol. The zero-order chi connectivity index (χ0) is 13.2. The maximum atomic E-state index is 11.5. The second kappa shape index (κ2) is 5.01. The summed E-state index contributed by atoms with van der Waals surface area (Å²) in [5.74, 6) is -0.686. The lowest BCUT2D eigenvalue weighted by Crippen LogP contribution is -2.40. The number of hydrogen-bond donors (Lipinski definition) is 1. The molecule has 0 saturated carbocycles. The van der Waals surface area contributed by atoms with Gasteiger partial charge in [-0.3, -0.25) is 4.79 Å². The van der Waals surface area contributed by atoms with Crippen molar-refractivity contribution in [3.63, 3.8) is 0 Å². The molecule has 98 valence electrons. The van der Waals surface area contributed by atoms with E-state index in [1.807, 2.05) is 26.0 Å². The molecule has 0 bridgehead atoms. The number of nitrogens with zero attached hydrogens (tertiary/aromatic N) is 1. The number of carbonyl (C=O) groups is 1. The average Bonchev–Trinajstić information content (AvgIpc) is 2.73. The molecule has 0 amide bonds. The van der Waals surface area contributed by atoms with E-state index in [1.54, 1.807) is 0 Å². The molecule has 0 saturated heterocycles. The normalized spacial score (nSPS) is 17.3. The quantitative estimate of drug-likeness (QED) is 0.869. The highest BCUT2D eigenvalue weighted by Crippen LogP contribution is 2.33. The first-order valence-corrected chi connectivity index (χ1v) is 6.63. The molecule has 1 aromatic carbocycles. The van der Waals surface area contributed by atoms with Gasteiger partial charge in [0, 0.05) is 18.8 Å². The van der Waals surface area contributed by atoms with Crippen LogP contribution in [0.15, 0.2) is 24.3 Å². The third kappa shape index (κ3) is 2.35. The number of aliphatic carboxylic acids is 1. The van der Waals surface area contributed by atoms with E-state index in [1.165, 1.54) is 11.3 Å². The summed E-state index contributed by atoms with van der Waals surface area (Å²) in [7, 11) is 0. The maximum Gasteiger partial charge on any atom is 0.311 e. The number of para-hydroxylation sites is 1. The summed E-state index contributed by atoms with van der Waals surface area (Å²) in [5.41, 5.74) is 1.90. The number of anilines is 1. The summed E-state index contributed by atoms with van der Waals surface area (Å²) in [5, 5.41) is 9.45. The fourth-order valence-corrected chi connectivity index (χ4v) is 2.80. The van der Waals surface area contributed by atoms with E-state index in [9.17, 15) is 9.90 Å². The Hall–Kier alpha value is -1.51. The Morgan fingerprint density at radius 2 is 2.17 bits per heavy atom. The van der Waals surface area contributed by atoms with Gasteiger partial charge in [-0.1, -0.05) is 31.5 Å². The molecule has 3 nitrogen and oxygen atoms in total. The van der Waals surface area contributed by atoms with Crippen LogP contribution in [-0.4, -0.2) is 24.2 Å². The number of carboxylic acid groups (broad SMARTS) is 1. The minimum Gasteiger partial charge on any atom is -0.481 e. The zero-order valence-corrected chi connectivity index (χ0v) is 11.1. The molecule has 3 heteroatoms. The largest absolute Gasteiger partial charge is 0.481 e. The van der Waals surface area contributed by atoms with Gasteiger partial charge in [-0.2, -0.15) is 0 Å². The Labute approximate surface area is 108 Å².